The van der Waals surface area contributed by atoms with E-state index < -0.39 is 10.0 Å². The number of benzene rings is 3. The number of hydrogen-bond acceptors (Lipinski definition) is 4. The van der Waals surface area contributed by atoms with Gasteiger partial charge in [0.05, 0.1) is 23.2 Å². The molecule has 1 aliphatic carbocycles. The maximum absolute atomic E-state index is 13.6. The average molecular weight is 507 g/mol. The number of ether oxygens (including phenoxy) is 1. The van der Waals surface area contributed by atoms with Crippen molar-refractivity contribution in [1.82, 2.24) is 5.32 Å². The molecule has 0 aliphatic heterocycles. The molecular formula is C29H34N2O4S. The molecule has 6 nitrogen and oxygen atoms in total. The van der Waals surface area contributed by atoms with Crippen molar-refractivity contribution < 1.29 is 17.9 Å². The summed E-state index contributed by atoms with van der Waals surface area (Å²) < 4.78 is 33.8. The van der Waals surface area contributed by atoms with Gasteiger partial charge in [0.25, 0.3) is 10.0 Å². The van der Waals surface area contributed by atoms with E-state index in [1.807, 2.05) is 13.8 Å². The number of anilines is 1. The Morgan fingerprint density at radius 1 is 0.944 bits per heavy atom. The summed E-state index contributed by atoms with van der Waals surface area (Å²) in [5.41, 5.74) is 4.21. The molecule has 0 aromatic heterocycles. The Bertz CT molecular complexity index is 1270. The molecule has 1 atom stereocenters. The van der Waals surface area contributed by atoms with Crippen molar-refractivity contribution in [2.75, 3.05) is 17.5 Å². The van der Waals surface area contributed by atoms with Gasteiger partial charge in [0.15, 0.2) is 0 Å². The molecule has 0 heterocycles. The number of amides is 1. The van der Waals surface area contributed by atoms with Gasteiger partial charge >= 0.3 is 0 Å². The molecule has 190 valence electrons. The maximum Gasteiger partial charge on any atom is 0.264 e. The van der Waals surface area contributed by atoms with Gasteiger partial charge in [0.2, 0.25) is 5.91 Å². The molecule has 4 rings (SSSR count). The van der Waals surface area contributed by atoms with E-state index in [0.717, 1.165) is 22.7 Å². The van der Waals surface area contributed by atoms with E-state index in [1.165, 1.54) is 36.1 Å². The van der Waals surface area contributed by atoms with Gasteiger partial charge in [0.1, 0.15) is 12.3 Å². The Hall–Kier alpha value is -3.32. The summed E-state index contributed by atoms with van der Waals surface area (Å²) in [6.07, 6.45) is 5.28. The number of rotatable bonds is 10. The van der Waals surface area contributed by atoms with Crippen molar-refractivity contribution in [1.29, 1.82) is 0 Å². The normalized spacial score (nSPS) is 13.9. The SMILES string of the molecule is CCOc1ccc(N(CC(=O)N[C@H](CC)c2ccc3c(c2)CCCC3)S(=O)(=O)c2ccccc2)cc1. The van der Waals surface area contributed by atoms with Crippen LogP contribution >= 0.6 is 0 Å². The van der Waals surface area contributed by atoms with Crippen LogP contribution in [0.2, 0.25) is 0 Å². The molecule has 0 saturated carbocycles. The minimum Gasteiger partial charge on any atom is -0.494 e. The lowest BCUT2D eigenvalue weighted by Crippen LogP contribution is -2.42. The monoisotopic (exact) mass is 506 g/mol. The number of nitrogens with zero attached hydrogens (tertiary/aromatic N) is 1. The number of aryl methyl sites for hydroxylation is 2. The van der Waals surface area contributed by atoms with Crippen LogP contribution in [0.3, 0.4) is 0 Å². The Morgan fingerprint density at radius 2 is 1.64 bits per heavy atom. The van der Waals surface area contributed by atoms with E-state index in [0.29, 0.717) is 24.5 Å². The van der Waals surface area contributed by atoms with E-state index in [1.54, 1.807) is 42.5 Å². The molecule has 7 heteroatoms. The molecule has 3 aromatic carbocycles. The van der Waals surface area contributed by atoms with Crippen molar-refractivity contribution in [3.8, 4) is 5.75 Å². The highest BCUT2D eigenvalue weighted by Gasteiger charge is 2.28. The lowest BCUT2D eigenvalue weighted by atomic mass is 9.89. The number of sulfonamides is 1. The summed E-state index contributed by atoms with van der Waals surface area (Å²) in [7, 11) is -3.96. The van der Waals surface area contributed by atoms with Gasteiger partial charge in [-0.3, -0.25) is 9.10 Å². The largest absolute Gasteiger partial charge is 0.494 e. The topological polar surface area (TPSA) is 75.7 Å². The van der Waals surface area contributed by atoms with E-state index in [4.69, 9.17) is 4.74 Å². The van der Waals surface area contributed by atoms with E-state index in [-0.39, 0.29) is 23.4 Å². The second-order valence-corrected chi connectivity index (χ2v) is 10.9. The minimum absolute atomic E-state index is 0.133. The first-order valence-corrected chi connectivity index (χ1v) is 14.1. The third-order valence-electron chi connectivity index (χ3n) is 6.57. The highest BCUT2D eigenvalue weighted by molar-refractivity contribution is 7.92. The quantitative estimate of drug-likeness (QED) is 0.398. The van der Waals surface area contributed by atoms with E-state index in [9.17, 15) is 13.2 Å². The van der Waals surface area contributed by atoms with Gasteiger partial charge < -0.3 is 10.1 Å². The van der Waals surface area contributed by atoms with Crippen LogP contribution in [0, 0.1) is 0 Å². The van der Waals surface area contributed by atoms with Crippen molar-refractivity contribution in [3.05, 3.63) is 89.5 Å². The lowest BCUT2D eigenvalue weighted by Gasteiger charge is -2.26. The zero-order valence-corrected chi connectivity index (χ0v) is 21.8. The third-order valence-corrected chi connectivity index (χ3v) is 8.36. The Kier molecular flexibility index (Phi) is 8.31. The molecule has 0 saturated heterocycles. The van der Waals surface area contributed by atoms with E-state index in [2.05, 4.69) is 23.5 Å². The van der Waals surface area contributed by atoms with Crippen LogP contribution in [0.1, 0.15) is 55.8 Å². The first-order chi connectivity index (χ1) is 17.4. The van der Waals surface area contributed by atoms with Crippen LogP contribution in [0.15, 0.2) is 77.7 Å². The summed E-state index contributed by atoms with van der Waals surface area (Å²) >= 11 is 0. The Labute approximate surface area is 214 Å². The second kappa shape index (κ2) is 11.6. The van der Waals surface area contributed by atoms with Crippen LogP contribution in [0.25, 0.3) is 0 Å². The van der Waals surface area contributed by atoms with Crippen LogP contribution < -0.4 is 14.4 Å². The summed E-state index contributed by atoms with van der Waals surface area (Å²) in [4.78, 5) is 13.4. The number of carbonyl (C=O) groups excluding carboxylic acids is 1. The molecule has 0 unspecified atom stereocenters. The minimum atomic E-state index is -3.96. The molecule has 0 spiro atoms. The highest BCUT2D eigenvalue weighted by Crippen LogP contribution is 2.28. The first-order valence-electron chi connectivity index (χ1n) is 12.6. The van der Waals surface area contributed by atoms with Gasteiger partial charge in [-0.1, -0.05) is 43.3 Å². The van der Waals surface area contributed by atoms with Crippen LogP contribution in [0.5, 0.6) is 5.75 Å². The zero-order chi connectivity index (χ0) is 25.5. The summed E-state index contributed by atoms with van der Waals surface area (Å²) in [5.74, 6) is 0.286. The number of fused-ring (bicyclic) bond motifs is 1. The molecule has 3 aromatic rings. The standard InChI is InChI=1S/C29H34N2O4S/c1-3-28(24-15-14-22-10-8-9-11-23(22)20-24)30-29(32)21-31(25-16-18-26(19-17-25)35-4-2)36(33,34)27-12-6-5-7-13-27/h5-7,12-20,28H,3-4,8-11,21H2,1-2H3,(H,30,32)/t28-/m1/s1. The smallest absolute Gasteiger partial charge is 0.264 e. The fourth-order valence-electron chi connectivity index (χ4n) is 4.67. The molecule has 0 fully saturated rings. The first kappa shape index (κ1) is 25.8. The number of nitrogens with one attached hydrogen (secondary N) is 1. The summed E-state index contributed by atoms with van der Waals surface area (Å²) in [6, 6.07) is 21.2. The molecule has 1 amide bonds. The molecular weight excluding hydrogens is 472 g/mol. The number of hydrogen-bond donors (Lipinski definition) is 1. The van der Waals surface area contributed by atoms with Gasteiger partial charge in [0, 0.05) is 0 Å². The summed E-state index contributed by atoms with van der Waals surface area (Å²) in [6.45, 7) is 4.09. The highest BCUT2D eigenvalue weighted by atomic mass is 32.2. The van der Waals surface area contributed by atoms with E-state index >= 15 is 0 Å². The van der Waals surface area contributed by atoms with Crippen LogP contribution in [-0.2, 0) is 27.7 Å². The van der Waals surface area contributed by atoms with Crippen molar-refractivity contribution in [2.24, 2.45) is 0 Å². The molecule has 1 N–H and O–H groups in total. The molecule has 0 radical (unpaired) electrons. The maximum atomic E-state index is 13.6. The zero-order valence-electron chi connectivity index (χ0n) is 20.9. The Morgan fingerprint density at radius 3 is 2.31 bits per heavy atom. The van der Waals surface area contributed by atoms with Crippen molar-refractivity contribution >= 4 is 21.6 Å². The molecule has 1 aliphatic rings. The Balaban J connectivity index is 1.58. The van der Waals surface area contributed by atoms with Gasteiger partial charge in [-0.2, -0.15) is 0 Å². The average Bonchev–Trinajstić information content (AvgIpc) is 2.91. The summed E-state index contributed by atoms with van der Waals surface area (Å²) in [5, 5.41) is 3.08. The van der Waals surface area contributed by atoms with Crippen LogP contribution in [-0.4, -0.2) is 27.5 Å². The predicted molar refractivity (Wildman–Crippen MR) is 143 cm³/mol. The van der Waals surface area contributed by atoms with Crippen molar-refractivity contribution in [3.63, 3.8) is 0 Å². The number of carbonyl (C=O) groups is 1. The third kappa shape index (κ3) is 5.90. The fraction of sp³-hybridized carbons (Fsp3) is 0.345. The van der Waals surface area contributed by atoms with Gasteiger partial charge in [-0.15, -0.1) is 0 Å². The molecule has 36 heavy (non-hydrogen) atoms. The second-order valence-electron chi connectivity index (χ2n) is 9.02. The molecule has 0 bridgehead atoms. The fourth-order valence-corrected chi connectivity index (χ4v) is 6.11. The van der Waals surface area contributed by atoms with Crippen molar-refractivity contribution in [2.45, 2.75) is 56.9 Å². The lowest BCUT2D eigenvalue weighted by molar-refractivity contribution is -0.120. The van der Waals surface area contributed by atoms with Crippen LogP contribution in [0.4, 0.5) is 5.69 Å². The van der Waals surface area contributed by atoms with Gasteiger partial charge in [-0.05, 0) is 92.1 Å². The predicted octanol–water partition coefficient (Wildman–Crippen LogP) is 5.43. The van der Waals surface area contributed by atoms with Gasteiger partial charge in [-0.25, -0.2) is 8.42 Å².